The minimum absolute atomic E-state index is 0.316. The van der Waals surface area contributed by atoms with Crippen LogP contribution < -0.4 is 4.90 Å². The SMILES string of the molecule is CC(C)Cc1ccc2c(c1)CCC(O)N2C. The molecule has 0 aromatic heterocycles. The Balaban J connectivity index is 2.26. The first-order valence-electron chi connectivity index (χ1n) is 6.10. The van der Waals surface area contributed by atoms with Gasteiger partial charge in [-0.25, -0.2) is 0 Å². The Morgan fingerprint density at radius 1 is 1.44 bits per heavy atom. The Morgan fingerprint density at radius 2 is 2.19 bits per heavy atom. The number of anilines is 1. The van der Waals surface area contributed by atoms with Crippen LogP contribution in [0.25, 0.3) is 0 Å². The molecule has 88 valence electrons. The summed E-state index contributed by atoms with van der Waals surface area (Å²) in [5, 5.41) is 9.77. The zero-order valence-electron chi connectivity index (χ0n) is 10.4. The Kier molecular flexibility index (Phi) is 3.20. The summed E-state index contributed by atoms with van der Waals surface area (Å²) in [6.07, 6.45) is 2.66. The first-order valence-corrected chi connectivity index (χ1v) is 6.10. The Labute approximate surface area is 97.9 Å². The summed E-state index contributed by atoms with van der Waals surface area (Å²) >= 11 is 0. The molecular formula is C14H21NO. The van der Waals surface area contributed by atoms with E-state index in [1.165, 1.54) is 16.8 Å². The first kappa shape index (κ1) is 11.5. The van der Waals surface area contributed by atoms with E-state index < -0.39 is 0 Å². The van der Waals surface area contributed by atoms with E-state index in [2.05, 4.69) is 32.0 Å². The lowest BCUT2D eigenvalue weighted by atomic mass is 9.95. The summed E-state index contributed by atoms with van der Waals surface area (Å²) in [5.74, 6) is 0.699. The number of hydrogen-bond acceptors (Lipinski definition) is 2. The van der Waals surface area contributed by atoms with Crippen LogP contribution in [0.1, 0.15) is 31.4 Å². The number of fused-ring (bicyclic) bond motifs is 1. The van der Waals surface area contributed by atoms with Crippen LogP contribution in [0.5, 0.6) is 0 Å². The lowest BCUT2D eigenvalue weighted by molar-refractivity contribution is 0.160. The molecule has 1 aromatic carbocycles. The molecule has 1 aliphatic rings. The molecule has 0 amide bonds. The Bertz CT molecular complexity index is 373. The molecule has 1 heterocycles. The van der Waals surface area contributed by atoms with Gasteiger partial charge in [0.15, 0.2) is 0 Å². The van der Waals surface area contributed by atoms with Gasteiger partial charge in [0.25, 0.3) is 0 Å². The van der Waals surface area contributed by atoms with Crippen molar-refractivity contribution in [2.24, 2.45) is 5.92 Å². The van der Waals surface area contributed by atoms with Crippen molar-refractivity contribution in [2.75, 3.05) is 11.9 Å². The van der Waals surface area contributed by atoms with Gasteiger partial charge < -0.3 is 10.0 Å². The predicted molar refractivity (Wildman–Crippen MR) is 67.7 cm³/mol. The molecule has 1 N–H and O–H groups in total. The molecule has 16 heavy (non-hydrogen) atoms. The summed E-state index contributed by atoms with van der Waals surface area (Å²) in [4.78, 5) is 1.97. The molecule has 0 bridgehead atoms. The van der Waals surface area contributed by atoms with Crippen molar-refractivity contribution in [3.05, 3.63) is 29.3 Å². The molecular weight excluding hydrogens is 198 g/mol. The van der Waals surface area contributed by atoms with Crippen molar-refractivity contribution in [2.45, 2.75) is 39.3 Å². The van der Waals surface area contributed by atoms with Gasteiger partial charge in [0.1, 0.15) is 6.23 Å². The van der Waals surface area contributed by atoms with Crippen LogP contribution in [0.4, 0.5) is 5.69 Å². The summed E-state index contributed by atoms with van der Waals surface area (Å²) in [7, 11) is 1.96. The number of benzene rings is 1. The van der Waals surface area contributed by atoms with Crippen molar-refractivity contribution in [1.82, 2.24) is 0 Å². The molecule has 0 radical (unpaired) electrons. The molecule has 0 aliphatic carbocycles. The lowest BCUT2D eigenvalue weighted by Crippen LogP contribution is -2.35. The summed E-state index contributed by atoms with van der Waals surface area (Å²) in [6, 6.07) is 6.64. The fourth-order valence-corrected chi connectivity index (χ4v) is 2.42. The quantitative estimate of drug-likeness (QED) is 0.826. The zero-order valence-corrected chi connectivity index (χ0v) is 10.4. The van der Waals surface area contributed by atoms with Gasteiger partial charge in [-0.3, -0.25) is 0 Å². The molecule has 2 nitrogen and oxygen atoms in total. The second-order valence-electron chi connectivity index (χ2n) is 5.19. The highest BCUT2D eigenvalue weighted by Gasteiger charge is 2.21. The average molecular weight is 219 g/mol. The molecule has 1 atom stereocenters. The van der Waals surface area contributed by atoms with Crippen molar-refractivity contribution < 1.29 is 5.11 Å². The van der Waals surface area contributed by atoms with E-state index in [4.69, 9.17) is 0 Å². The summed E-state index contributed by atoms with van der Waals surface area (Å²) in [5.41, 5.74) is 3.98. The number of nitrogens with zero attached hydrogens (tertiary/aromatic N) is 1. The van der Waals surface area contributed by atoms with E-state index in [0.29, 0.717) is 5.92 Å². The standard InChI is InChI=1S/C14H21NO/c1-10(2)8-11-4-6-13-12(9-11)5-7-14(16)15(13)3/h4,6,9-10,14,16H,5,7-8H2,1-3H3. The van der Waals surface area contributed by atoms with E-state index in [9.17, 15) is 5.11 Å². The van der Waals surface area contributed by atoms with E-state index in [1.807, 2.05) is 11.9 Å². The predicted octanol–water partition coefficient (Wildman–Crippen LogP) is 2.59. The summed E-state index contributed by atoms with van der Waals surface area (Å²) in [6.45, 7) is 4.49. The second kappa shape index (κ2) is 4.46. The van der Waals surface area contributed by atoms with Gasteiger partial charge >= 0.3 is 0 Å². The molecule has 0 saturated carbocycles. The number of rotatable bonds is 2. The average Bonchev–Trinajstić information content (AvgIpc) is 2.23. The van der Waals surface area contributed by atoms with Crippen LogP contribution in [0.2, 0.25) is 0 Å². The van der Waals surface area contributed by atoms with Crippen molar-refractivity contribution in [1.29, 1.82) is 0 Å². The van der Waals surface area contributed by atoms with Crippen LogP contribution in [-0.2, 0) is 12.8 Å². The monoisotopic (exact) mass is 219 g/mol. The van der Waals surface area contributed by atoms with Crippen LogP contribution >= 0.6 is 0 Å². The zero-order chi connectivity index (χ0) is 11.7. The van der Waals surface area contributed by atoms with Crippen LogP contribution in [0, 0.1) is 5.92 Å². The molecule has 2 heteroatoms. The largest absolute Gasteiger partial charge is 0.374 e. The Morgan fingerprint density at radius 3 is 2.88 bits per heavy atom. The maximum absolute atomic E-state index is 9.77. The van der Waals surface area contributed by atoms with E-state index >= 15 is 0 Å². The highest BCUT2D eigenvalue weighted by molar-refractivity contribution is 5.56. The van der Waals surface area contributed by atoms with Gasteiger partial charge in [0.2, 0.25) is 0 Å². The molecule has 0 saturated heterocycles. The van der Waals surface area contributed by atoms with E-state index in [-0.39, 0.29) is 6.23 Å². The van der Waals surface area contributed by atoms with Gasteiger partial charge in [-0.2, -0.15) is 0 Å². The second-order valence-corrected chi connectivity index (χ2v) is 5.19. The fourth-order valence-electron chi connectivity index (χ4n) is 2.42. The van der Waals surface area contributed by atoms with E-state index in [1.54, 1.807) is 0 Å². The molecule has 1 aliphatic heterocycles. The number of aliphatic hydroxyl groups excluding tert-OH is 1. The molecule has 1 aromatic rings. The Hall–Kier alpha value is -1.02. The van der Waals surface area contributed by atoms with Crippen LogP contribution in [-0.4, -0.2) is 18.4 Å². The topological polar surface area (TPSA) is 23.5 Å². The normalized spacial score (nSPS) is 20.1. The van der Waals surface area contributed by atoms with Crippen molar-refractivity contribution >= 4 is 5.69 Å². The lowest BCUT2D eigenvalue weighted by Gasteiger charge is -2.32. The smallest absolute Gasteiger partial charge is 0.126 e. The van der Waals surface area contributed by atoms with Crippen molar-refractivity contribution in [3.63, 3.8) is 0 Å². The van der Waals surface area contributed by atoms with Gasteiger partial charge in [-0.15, -0.1) is 0 Å². The third-order valence-corrected chi connectivity index (χ3v) is 3.29. The first-order chi connectivity index (χ1) is 7.58. The maximum Gasteiger partial charge on any atom is 0.126 e. The molecule has 0 spiro atoms. The fraction of sp³-hybridized carbons (Fsp3) is 0.571. The van der Waals surface area contributed by atoms with Gasteiger partial charge in [0.05, 0.1) is 0 Å². The molecule has 1 unspecified atom stereocenters. The van der Waals surface area contributed by atoms with Gasteiger partial charge in [-0.05, 0) is 42.4 Å². The molecule has 2 rings (SSSR count). The molecule has 0 fully saturated rings. The van der Waals surface area contributed by atoms with Crippen LogP contribution in [0.15, 0.2) is 18.2 Å². The van der Waals surface area contributed by atoms with Gasteiger partial charge in [0, 0.05) is 12.7 Å². The number of aryl methyl sites for hydroxylation is 1. The minimum atomic E-state index is -0.316. The number of hydrogen-bond donors (Lipinski definition) is 1. The third kappa shape index (κ3) is 2.22. The summed E-state index contributed by atoms with van der Waals surface area (Å²) < 4.78 is 0. The van der Waals surface area contributed by atoms with Crippen molar-refractivity contribution in [3.8, 4) is 0 Å². The number of aliphatic hydroxyl groups is 1. The highest BCUT2D eigenvalue weighted by Crippen LogP contribution is 2.29. The minimum Gasteiger partial charge on any atom is -0.374 e. The third-order valence-electron chi connectivity index (χ3n) is 3.29. The van der Waals surface area contributed by atoms with Crippen LogP contribution in [0.3, 0.4) is 0 Å². The van der Waals surface area contributed by atoms with E-state index in [0.717, 1.165) is 19.3 Å². The van der Waals surface area contributed by atoms with Gasteiger partial charge in [-0.1, -0.05) is 26.0 Å². The maximum atomic E-state index is 9.77. The highest BCUT2D eigenvalue weighted by atomic mass is 16.3.